The largest absolute Gasteiger partial charge is 0.397 e. The van der Waals surface area contributed by atoms with E-state index in [0.717, 1.165) is 0 Å². The Labute approximate surface area is 148 Å². The third kappa shape index (κ3) is 15.1. The smallest absolute Gasteiger partial charge is 0.317 e. The molecule has 17 heteroatoms. The first-order valence-electron chi connectivity index (χ1n) is 6.05. The zero-order valence-corrected chi connectivity index (χ0v) is 14.4. The molecule has 0 heterocycles. The monoisotopic (exact) mass is 472 g/mol. The van der Waals surface area contributed by atoms with Gasteiger partial charge in [0.15, 0.2) is 0 Å². The summed E-state index contributed by atoms with van der Waals surface area (Å²) in [4.78, 5) is 0. The van der Waals surface area contributed by atoms with Crippen LogP contribution in [0.25, 0.3) is 0 Å². The van der Waals surface area contributed by atoms with Gasteiger partial charge < -0.3 is 9.47 Å². The summed E-state index contributed by atoms with van der Waals surface area (Å²) in [6, 6.07) is 0. The van der Waals surface area contributed by atoms with Crippen molar-refractivity contribution in [1.29, 1.82) is 0 Å². The zero-order chi connectivity index (χ0) is 21.0. The van der Waals surface area contributed by atoms with Gasteiger partial charge in [-0.25, -0.2) is 0 Å². The second-order valence-corrected chi connectivity index (χ2v) is 8.85. The predicted molar refractivity (Wildman–Crippen MR) is 67.3 cm³/mol. The zero-order valence-electron chi connectivity index (χ0n) is 12.0. The van der Waals surface area contributed by atoms with Gasteiger partial charge in [0.05, 0.1) is 13.2 Å². The molecule has 0 atom stereocenters. The van der Waals surface area contributed by atoms with Crippen LogP contribution in [0.5, 0.6) is 0 Å². The van der Waals surface area contributed by atoms with Crippen LogP contribution in [0.3, 0.4) is 0 Å². The van der Waals surface area contributed by atoms with Gasteiger partial charge in [0, 0.05) is 0 Å². The number of hydrogen-bond donors (Lipinski definition) is 0. The molecule has 4 nitrogen and oxygen atoms in total. The number of hydrogen-bond acceptors (Lipinski definition) is 4. The predicted octanol–water partition coefficient (Wildman–Crippen LogP) is 6.08. The molecule has 0 aliphatic heterocycles. The van der Waals surface area contributed by atoms with Crippen LogP contribution in [0.2, 0.25) is 0 Å². The minimum atomic E-state index is -5.37. The lowest BCUT2D eigenvalue weighted by atomic mass is 10.3. The highest BCUT2D eigenvalue weighted by molar-refractivity contribution is 8.05. The maximum atomic E-state index is 12.9. The van der Waals surface area contributed by atoms with E-state index in [9.17, 15) is 48.5 Å². The molecule has 0 saturated carbocycles. The SMILES string of the molecule is O=P(Cl)(Cl)OC(COC(F)(F)CC(F)(F)F)COC(F)(F)CC(F)(F)F. The van der Waals surface area contributed by atoms with E-state index in [2.05, 4.69) is 14.0 Å². The first-order chi connectivity index (χ1) is 11.2. The highest BCUT2D eigenvalue weighted by Crippen LogP contribution is 2.58. The maximum Gasteiger partial charge on any atom is 0.397 e. The van der Waals surface area contributed by atoms with E-state index >= 15 is 0 Å². The minimum absolute atomic E-state index is 1.66. The minimum Gasteiger partial charge on any atom is -0.317 e. The van der Waals surface area contributed by atoms with E-state index < -0.39 is 62.8 Å². The quantitative estimate of drug-likeness (QED) is 0.285. The molecule has 0 aromatic heterocycles. The molecular formula is C9H9Cl2F10O4P. The summed E-state index contributed by atoms with van der Waals surface area (Å²) in [6.07, 6.45) is -32.9. The molecule has 0 unspecified atom stereocenters. The summed E-state index contributed by atoms with van der Waals surface area (Å²) >= 11 is 9.79. The molecule has 0 aliphatic carbocycles. The first kappa shape index (κ1) is 26.0. The van der Waals surface area contributed by atoms with E-state index in [-0.39, 0.29) is 0 Å². The number of halogens is 12. The summed E-state index contributed by atoms with van der Waals surface area (Å²) in [5.74, 6) is 0. The Morgan fingerprint density at radius 1 is 0.731 bits per heavy atom. The summed E-state index contributed by atoms with van der Waals surface area (Å²) in [7, 11) is 0. The van der Waals surface area contributed by atoms with E-state index in [1.165, 1.54) is 0 Å². The van der Waals surface area contributed by atoms with Gasteiger partial charge in [-0.15, -0.1) is 0 Å². The third-order valence-electron chi connectivity index (χ3n) is 2.05. The lowest BCUT2D eigenvalue weighted by Gasteiger charge is -2.25. The van der Waals surface area contributed by atoms with Gasteiger partial charge in [0.2, 0.25) is 0 Å². The number of alkyl halides is 10. The molecule has 26 heavy (non-hydrogen) atoms. The van der Waals surface area contributed by atoms with Gasteiger partial charge in [0.25, 0.3) is 0 Å². The van der Waals surface area contributed by atoms with Crippen molar-refractivity contribution in [1.82, 2.24) is 0 Å². The van der Waals surface area contributed by atoms with Crippen LogP contribution in [0.15, 0.2) is 0 Å². The van der Waals surface area contributed by atoms with Gasteiger partial charge in [0.1, 0.15) is 18.9 Å². The summed E-state index contributed by atoms with van der Waals surface area (Å²) < 4.78 is 145. The molecule has 0 rings (SSSR count). The van der Waals surface area contributed by atoms with Crippen LogP contribution < -0.4 is 0 Å². The van der Waals surface area contributed by atoms with Crippen LogP contribution in [0, 0.1) is 0 Å². The molecule has 0 aliphatic rings. The molecule has 0 aromatic carbocycles. The first-order valence-corrected chi connectivity index (χ1v) is 9.48. The Hall–Kier alpha value is -0.0100. The Morgan fingerprint density at radius 3 is 1.27 bits per heavy atom. The average Bonchev–Trinajstić information content (AvgIpc) is 2.25. The standard InChI is InChI=1S/C9H9Cl2F10O4P/c10-26(11,22)25-5(1-23-8(18,19)3-6(12,13)14)2-24-9(20,21)4-7(15,16)17/h5H,1-4H2. The lowest BCUT2D eigenvalue weighted by Crippen LogP contribution is -2.37. The molecule has 0 fully saturated rings. The fraction of sp³-hybridized carbons (Fsp3) is 1.00. The highest BCUT2D eigenvalue weighted by Gasteiger charge is 2.47. The van der Waals surface area contributed by atoms with E-state index in [1.807, 2.05) is 0 Å². The van der Waals surface area contributed by atoms with Crippen LogP contribution >= 0.6 is 28.6 Å². The summed E-state index contributed by atoms with van der Waals surface area (Å²) in [5.41, 5.74) is 0. The number of rotatable bonds is 10. The van der Waals surface area contributed by atoms with Crippen molar-refractivity contribution < 1.29 is 62.5 Å². The van der Waals surface area contributed by atoms with E-state index in [0.29, 0.717) is 0 Å². The normalized spacial score (nSPS) is 15.0. The molecular weight excluding hydrogens is 464 g/mol. The molecule has 0 bridgehead atoms. The van der Waals surface area contributed by atoms with Crippen LogP contribution in [-0.4, -0.2) is 43.9 Å². The van der Waals surface area contributed by atoms with Crippen LogP contribution in [0.4, 0.5) is 43.9 Å². The lowest BCUT2D eigenvalue weighted by molar-refractivity contribution is -0.310. The van der Waals surface area contributed by atoms with Crippen molar-refractivity contribution in [2.75, 3.05) is 13.2 Å². The van der Waals surface area contributed by atoms with Gasteiger partial charge in [-0.05, 0) is 22.5 Å². The van der Waals surface area contributed by atoms with Gasteiger partial charge in [-0.2, -0.15) is 43.9 Å². The van der Waals surface area contributed by atoms with Gasteiger partial charge >= 0.3 is 30.6 Å². The molecule has 0 aromatic rings. The van der Waals surface area contributed by atoms with Crippen molar-refractivity contribution in [2.24, 2.45) is 0 Å². The maximum absolute atomic E-state index is 12.9. The summed E-state index contributed by atoms with van der Waals surface area (Å²) in [6.45, 7) is -3.32. The van der Waals surface area contributed by atoms with Gasteiger partial charge in [-0.3, -0.25) is 9.09 Å². The highest BCUT2D eigenvalue weighted by atomic mass is 35.9. The van der Waals surface area contributed by atoms with Crippen molar-refractivity contribution in [3.05, 3.63) is 0 Å². The number of ether oxygens (including phenoxy) is 2. The Kier molecular flexibility index (Phi) is 8.99. The average molecular weight is 473 g/mol. The molecule has 0 radical (unpaired) electrons. The second kappa shape index (κ2) is 8.99. The van der Waals surface area contributed by atoms with Crippen molar-refractivity contribution >= 4 is 28.6 Å². The Balaban J connectivity index is 4.90. The van der Waals surface area contributed by atoms with Crippen molar-refractivity contribution in [2.45, 2.75) is 43.5 Å². The van der Waals surface area contributed by atoms with Crippen molar-refractivity contribution in [3.63, 3.8) is 0 Å². The third-order valence-corrected chi connectivity index (χ3v) is 3.07. The fourth-order valence-electron chi connectivity index (χ4n) is 1.28. The Bertz CT molecular complexity index is 460. The fourth-order valence-corrected chi connectivity index (χ4v) is 2.43. The van der Waals surface area contributed by atoms with Crippen LogP contribution in [0.1, 0.15) is 12.8 Å². The van der Waals surface area contributed by atoms with Gasteiger partial charge in [-0.1, -0.05) is 0 Å². The van der Waals surface area contributed by atoms with Crippen LogP contribution in [-0.2, 0) is 18.6 Å². The molecule has 0 amide bonds. The Morgan fingerprint density at radius 2 is 1.04 bits per heavy atom. The summed E-state index contributed by atoms with van der Waals surface area (Å²) in [5, 5.41) is 0. The molecule has 0 spiro atoms. The van der Waals surface area contributed by atoms with Crippen molar-refractivity contribution in [3.8, 4) is 0 Å². The second-order valence-electron chi connectivity index (χ2n) is 4.62. The van der Waals surface area contributed by atoms with E-state index in [4.69, 9.17) is 22.5 Å². The van der Waals surface area contributed by atoms with E-state index in [1.54, 1.807) is 0 Å². The molecule has 158 valence electrons. The molecule has 0 N–H and O–H groups in total. The topological polar surface area (TPSA) is 44.8 Å². The molecule has 0 saturated heterocycles.